The largest absolute Gasteiger partial charge is 0.368 e. The van der Waals surface area contributed by atoms with Crippen molar-refractivity contribution in [1.82, 2.24) is 14.1 Å². The Balaban J connectivity index is 2.38. The Labute approximate surface area is 129 Å². The second kappa shape index (κ2) is 5.94. The fourth-order valence-electron chi connectivity index (χ4n) is 1.79. The van der Waals surface area contributed by atoms with E-state index in [1.54, 1.807) is 10.6 Å². The number of hydrogen-bond acceptors (Lipinski definition) is 5. The molecule has 0 aromatic carbocycles. The van der Waals surface area contributed by atoms with E-state index in [2.05, 4.69) is 15.0 Å². The number of sulfonamides is 1. The number of nitrogens with zero attached hydrogens (tertiary/aromatic N) is 2. The molecule has 0 bridgehead atoms. The summed E-state index contributed by atoms with van der Waals surface area (Å²) in [6.45, 7) is 9.06. The predicted molar refractivity (Wildman–Crippen MR) is 86.5 cm³/mol. The maximum Gasteiger partial charge on any atom is 0.260 e. The highest BCUT2D eigenvalue weighted by Gasteiger charge is 2.27. The van der Waals surface area contributed by atoms with E-state index in [-0.39, 0.29) is 10.4 Å². The van der Waals surface area contributed by atoms with Crippen LogP contribution in [-0.2, 0) is 10.0 Å². The standard InChI is InChI=1S/C13H22N4O2S2/c1-5-13(3,4)9-15-21(18,19)11-10(14-6-2)16-12-17(11)7-8-20-12/h7-8,14-15H,5-6,9H2,1-4H3. The van der Waals surface area contributed by atoms with E-state index in [0.29, 0.717) is 23.9 Å². The van der Waals surface area contributed by atoms with Crippen LogP contribution >= 0.6 is 11.3 Å². The first-order chi connectivity index (χ1) is 9.80. The lowest BCUT2D eigenvalue weighted by Gasteiger charge is -2.22. The molecule has 6 nitrogen and oxygen atoms in total. The zero-order valence-electron chi connectivity index (χ0n) is 12.8. The van der Waals surface area contributed by atoms with Gasteiger partial charge in [0.25, 0.3) is 10.0 Å². The Hall–Kier alpha value is -1.12. The molecule has 0 radical (unpaired) electrons. The Morgan fingerprint density at radius 2 is 2.10 bits per heavy atom. The van der Waals surface area contributed by atoms with Crippen molar-refractivity contribution in [3.05, 3.63) is 11.6 Å². The molecular formula is C13H22N4O2S2. The van der Waals surface area contributed by atoms with E-state index in [4.69, 9.17) is 0 Å². The van der Waals surface area contributed by atoms with E-state index >= 15 is 0 Å². The predicted octanol–water partition coefficient (Wildman–Crippen LogP) is 2.54. The quantitative estimate of drug-likeness (QED) is 0.818. The molecule has 2 aromatic heterocycles. The number of thiazole rings is 1. The Morgan fingerprint density at radius 1 is 1.38 bits per heavy atom. The molecule has 2 rings (SSSR count). The van der Waals surface area contributed by atoms with Gasteiger partial charge in [0.2, 0.25) is 0 Å². The Kier molecular flexibility index (Phi) is 4.60. The lowest BCUT2D eigenvalue weighted by atomic mass is 9.91. The molecule has 2 heterocycles. The van der Waals surface area contributed by atoms with Crippen LogP contribution in [0.5, 0.6) is 0 Å². The van der Waals surface area contributed by atoms with Crippen molar-refractivity contribution in [3.8, 4) is 0 Å². The van der Waals surface area contributed by atoms with Gasteiger partial charge in [0, 0.05) is 24.7 Å². The highest BCUT2D eigenvalue weighted by molar-refractivity contribution is 7.89. The SMILES string of the molecule is CCNc1nc2sccn2c1S(=O)(=O)NCC(C)(C)CC. The van der Waals surface area contributed by atoms with Gasteiger partial charge < -0.3 is 5.32 Å². The summed E-state index contributed by atoms with van der Waals surface area (Å²) in [6, 6.07) is 0. The number of imidazole rings is 1. The molecule has 0 saturated heterocycles. The van der Waals surface area contributed by atoms with E-state index in [9.17, 15) is 8.42 Å². The number of fused-ring (bicyclic) bond motifs is 1. The molecule has 8 heteroatoms. The van der Waals surface area contributed by atoms with Crippen LogP contribution in [0.15, 0.2) is 16.6 Å². The molecule has 0 fully saturated rings. The average Bonchev–Trinajstić information content (AvgIpc) is 2.97. The van der Waals surface area contributed by atoms with Gasteiger partial charge in [-0.2, -0.15) is 0 Å². The van der Waals surface area contributed by atoms with Crippen LogP contribution in [0, 0.1) is 5.41 Å². The molecular weight excluding hydrogens is 308 g/mol. The first-order valence-corrected chi connectivity index (χ1v) is 9.36. The van der Waals surface area contributed by atoms with Crippen molar-refractivity contribution < 1.29 is 8.42 Å². The number of anilines is 1. The monoisotopic (exact) mass is 330 g/mol. The molecule has 21 heavy (non-hydrogen) atoms. The Bertz CT molecular complexity index is 716. The third kappa shape index (κ3) is 3.38. The van der Waals surface area contributed by atoms with E-state index in [1.807, 2.05) is 33.1 Å². The first-order valence-electron chi connectivity index (χ1n) is 7.00. The van der Waals surface area contributed by atoms with Crippen molar-refractivity contribution in [1.29, 1.82) is 0 Å². The van der Waals surface area contributed by atoms with Crippen molar-refractivity contribution in [2.75, 3.05) is 18.4 Å². The van der Waals surface area contributed by atoms with Gasteiger partial charge in [-0.1, -0.05) is 20.8 Å². The van der Waals surface area contributed by atoms with Crippen molar-refractivity contribution in [3.63, 3.8) is 0 Å². The molecule has 0 aliphatic rings. The van der Waals surface area contributed by atoms with Gasteiger partial charge in [0.15, 0.2) is 15.8 Å². The molecule has 0 saturated carbocycles. The zero-order valence-corrected chi connectivity index (χ0v) is 14.4. The lowest BCUT2D eigenvalue weighted by molar-refractivity contribution is 0.350. The maximum atomic E-state index is 12.7. The molecule has 0 aliphatic carbocycles. The van der Waals surface area contributed by atoms with E-state index < -0.39 is 10.0 Å². The molecule has 0 aliphatic heterocycles. The zero-order chi connectivity index (χ0) is 15.7. The van der Waals surface area contributed by atoms with Crippen LogP contribution in [0.3, 0.4) is 0 Å². The van der Waals surface area contributed by atoms with E-state index in [1.165, 1.54) is 11.3 Å². The summed E-state index contributed by atoms with van der Waals surface area (Å²) in [7, 11) is -3.61. The second-order valence-corrected chi connectivity index (χ2v) is 8.25. The normalized spacial score (nSPS) is 13.0. The summed E-state index contributed by atoms with van der Waals surface area (Å²) in [5, 5.41) is 5.04. The minimum Gasteiger partial charge on any atom is -0.368 e. The molecule has 0 unspecified atom stereocenters. The van der Waals surface area contributed by atoms with Crippen LogP contribution in [0.4, 0.5) is 5.82 Å². The lowest BCUT2D eigenvalue weighted by Crippen LogP contribution is -2.34. The smallest absolute Gasteiger partial charge is 0.260 e. The van der Waals surface area contributed by atoms with Crippen LogP contribution in [-0.4, -0.2) is 30.9 Å². The number of nitrogens with one attached hydrogen (secondary N) is 2. The van der Waals surface area contributed by atoms with Crippen molar-refractivity contribution >= 4 is 32.1 Å². The topological polar surface area (TPSA) is 75.5 Å². The molecule has 2 N–H and O–H groups in total. The van der Waals surface area contributed by atoms with Gasteiger partial charge in [-0.05, 0) is 18.8 Å². The van der Waals surface area contributed by atoms with Gasteiger partial charge in [0.1, 0.15) is 0 Å². The van der Waals surface area contributed by atoms with Gasteiger partial charge in [-0.15, -0.1) is 11.3 Å². The average molecular weight is 330 g/mol. The van der Waals surface area contributed by atoms with Crippen molar-refractivity contribution in [2.45, 2.75) is 39.1 Å². The van der Waals surface area contributed by atoms with Crippen LogP contribution in [0.2, 0.25) is 0 Å². The molecule has 0 amide bonds. The fourth-order valence-corrected chi connectivity index (χ4v) is 4.06. The highest BCUT2D eigenvalue weighted by atomic mass is 32.2. The van der Waals surface area contributed by atoms with Gasteiger partial charge in [-0.3, -0.25) is 4.40 Å². The summed E-state index contributed by atoms with van der Waals surface area (Å²) in [5.74, 6) is 0.408. The summed E-state index contributed by atoms with van der Waals surface area (Å²) in [5.41, 5.74) is -0.0795. The minimum absolute atomic E-state index is 0.0795. The van der Waals surface area contributed by atoms with Crippen LogP contribution in [0.25, 0.3) is 4.96 Å². The Morgan fingerprint density at radius 3 is 2.71 bits per heavy atom. The van der Waals surface area contributed by atoms with Gasteiger partial charge >= 0.3 is 0 Å². The molecule has 0 spiro atoms. The number of aromatic nitrogens is 2. The third-order valence-corrected chi connectivity index (χ3v) is 5.70. The summed E-state index contributed by atoms with van der Waals surface area (Å²) >= 11 is 1.41. The second-order valence-electron chi connectivity index (χ2n) is 5.69. The molecule has 0 atom stereocenters. The summed E-state index contributed by atoms with van der Waals surface area (Å²) in [6.07, 6.45) is 2.63. The van der Waals surface area contributed by atoms with E-state index in [0.717, 1.165) is 6.42 Å². The van der Waals surface area contributed by atoms with Gasteiger partial charge in [-0.25, -0.2) is 18.1 Å². The van der Waals surface area contributed by atoms with Crippen LogP contribution < -0.4 is 10.0 Å². The molecule has 2 aromatic rings. The number of hydrogen-bond donors (Lipinski definition) is 2. The summed E-state index contributed by atoms with van der Waals surface area (Å²) in [4.78, 5) is 5.01. The fraction of sp³-hybridized carbons (Fsp3) is 0.615. The van der Waals surface area contributed by atoms with Crippen molar-refractivity contribution in [2.24, 2.45) is 5.41 Å². The highest BCUT2D eigenvalue weighted by Crippen LogP contribution is 2.26. The third-order valence-electron chi connectivity index (χ3n) is 3.51. The van der Waals surface area contributed by atoms with Gasteiger partial charge in [0.05, 0.1) is 0 Å². The maximum absolute atomic E-state index is 12.7. The van der Waals surface area contributed by atoms with Crippen LogP contribution in [0.1, 0.15) is 34.1 Å². The molecule has 118 valence electrons. The number of rotatable bonds is 7. The first kappa shape index (κ1) is 16.3. The minimum atomic E-state index is -3.61. The summed E-state index contributed by atoms with van der Waals surface area (Å²) < 4.78 is 29.6.